The van der Waals surface area contributed by atoms with Crippen LogP contribution in [0.3, 0.4) is 0 Å². The lowest BCUT2D eigenvalue weighted by Crippen LogP contribution is -2.33. The zero-order valence-corrected chi connectivity index (χ0v) is 15.0. The van der Waals surface area contributed by atoms with Gasteiger partial charge in [-0.1, -0.05) is 30.7 Å². The molecule has 1 unspecified atom stereocenters. The van der Waals surface area contributed by atoms with Crippen molar-refractivity contribution in [3.05, 3.63) is 55.4 Å². The van der Waals surface area contributed by atoms with Gasteiger partial charge >= 0.3 is 0 Å². The fourth-order valence-electron chi connectivity index (χ4n) is 2.24. The van der Waals surface area contributed by atoms with Gasteiger partial charge in [-0.25, -0.2) is 4.39 Å². The number of halogens is 3. The third kappa shape index (κ3) is 5.06. The Balaban J connectivity index is 2.10. The van der Waals surface area contributed by atoms with Crippen LogP contribution in [-0.4, -0.2) is 12.6 Å². The minimum atomic E-state index is -0.296. The fourth-order valence-corrected chi connectivity index (χ4v) is 4.00. The van der Waals surface area contributed by atoms with Crippen molar-refractivity contribution in [2.75, 3.05) is 6.54 Å². The second-order valence-corrected chi connectivity index (χ2v) is 7.93. The summed E-state index contributed by atoms with van der Waals surface area (Å²) in [6.45, 7) is 3.06. The van der Waals surface area contributed by atoms with E-state index in [9.17, 15) is 4.39 Å². The van der Waals surface area contributed by atoms with Crippen molar-refractivity contribution in [2.45, 2.75) is 32.2 Å². The summed E-state index contributed by atoms with van der Waals surface area (Å²) < 4.78 is 15.2. The number of rotatable bonds is 7. The number of nitrogens with one attached hydrogen (secondary N) is 1. The van der Waals surface area contributed by atoms with E-state index in [1.807, 2.05) is 6.07 Å². The summed E-state index contributed by atoms with van der Waals surface area (Å²) in [5.74, 6) is -0.296. The maximum Gasteiger partial charge on any atom is 0.145 e. The molecule has 0 bridgehead atoms. The lowest BCUT2D eigenvalue weighted by atomic mass is 10.0. The average molecular weight is 391 g/mol. The van der Waals surface area contributed by atoms with Crippen molar-refractivity contribution in [2.24, 2.45) is 0 Å². The summed E-state index contributed by atoms with van der Waals surface area (Å²) in [5, 5.41) is 3.70. The smallest absolute Gasteiger partial charge is 0.145 e. The second-order valence-electron chi connectivity index (χ2n) is 4.98. The van der Waals surface area contributed by atoms with E-state index in [1.165, 1.54) is 4.88 Å². The molecule has 0 aliphatic rings. The van der Waals surface area contributed by atoms with Gasteiger partial charge in [0.2, 0.25) is 0 Å². The minimum absolute atomic E-state index is 0.195. The Morgan fingerprint density at radius 3 is 2.76 bits per heavy atom. The van der Waals surface area contributed by atoms with E-state index in [0.29, 0.717) is 12.0 Å². The summed E-state index contributed by atoms with van der Waals surface area (Å²) in [7, 11) is 0. The van der Waals surface area contributed by atoms with Crippen LogP contribution >= 0.6 is 38.9 Å². The van der Waals surface area contributed by atoms with Gasteiger partial charge in [-0.15, -0.1) is 11.3 Å². The number of hydrogen-bond acceptors (Lipinski definition) is 2. The molecule has 1 atom stereocenters. The Morgan fingerprint density at radius 1 is 1.29 bits per heavy atom. The van der Waals surface area contributed by atoms with E-state index in [-0.39, 0.29) is 16.9 Å². The van der Waals surface area contributed by atoms with E-state index in [2.05, 4.69) is 40.3 Å². The van der Waals surface area contributed by atoms with Gasteiger partial charge in [0.25, 0.3) is 0 Å². The van der Waals surface area contributed by atoms with E-state index >= 15 is 0 Å². The Morgan fingerprint density at radius 2 is 2.10 bits per heavy atom. The first-order valence-electron chi connectivity index (χ1n) is 7.00. The molecule has 0 radical (unpaired) electrons. The molecule has 0 aliphatic carbocycles. The normalized spacial score (nSPS) is 12.6. The van der Waals surface area contributed by atoms with Crippen LogP contribution in [0.2, 0.25) is 5.02 Å². The van der Waals surface area contributed by atoms with E-state index in [1.54, 1.807) is 23.5 Å². The predicted octanol–water partition coefficient (Wildman–Crippen LogP) is 5.46. The van der Waals surface area contributed by atoms with Crippen LogP contribution in [0.1, 0.15) is 23.8 Å². The van der Waals surface area contributed by atoms with Crippen LogP contribution in [0.25, 0.3) is 0 Å². The highest BCUT2D eigenvalue weighted by molar-refractivity contribution is 9.11. The van der Waals surface area contributed by atoms with E-state index in [4.69, 9.17) is 11.6 Å². The van der Waals surface area contributed by atoms with Crippen molar-refractivity contribution in [3.63, 3.8) is 0 Å². The first-order chi connectivity index (χ1) is 10.1. The Labute approximate surface area is 142 Å². The number of thiophene rings is 1. The topological polar surface area (TPSA) is 12.0 Å². The molecule has 1 N–H and O–H groups in total. The van der Waals surface area contributed by atoms with Gasteiger partial charge in [0, 0.05) is 10.9 Å². The Kier molecular flexibility index (Phi) is 6.68. The van der Waals surface area contributed by atoms with E-state index < -0.39 is 0 Å². The van der Waals surface area contributed by atoms with Crippen LogP contribution in [0, 0.1) is 5.82 Å². The lowest BCUT2D eigenvalue weighted by Gasteiger charge is -2.18. The second kappa shape index (κ2) is 8.28. The quantitative estimate of drug-likeness (QED) is 0.662. The summed E-state index contributed by atoms with van der Waals surface area (Å²) in [6, 6.07) is 9.58. The van der Waals surface area contributed by atoms with Crippen molar-refractivity contribution in [3.8, 4) is 0 Å². The van der Waals surface area contributed by atoms with Crippen LogP contribution in [0.15, 0.2) is 34.1 Å². The number of hydrogen-bond donors (Lipinski definition) is 1. The summed E-state index contributed by atoms with van der Waals surface area (Å²) in [4.78, 5) is 1.29. The van der Waals surface area contributed by atoms with Crippen molar-refractivity contribution in [1.82, 2.24) is 5.32 Å². The third-order valence-corrected chi connectivity index (χ3v) is 5.20. The summed E-state index contributed by atoms with van der Waals surface area (Å²) in [6.07, 6.45) is 2.59. The SMILES string of the molecule is CCCNC(Cc1ccc(Br)s1)Cc1cccc(Cl)c1F. The van der Waals surface area contributed by atoms with Gasteiger partial charge in [0.15, 0.2) is 0 Å². The van der Waals surface area contributed by atoms with Gasteiger partial charge in [0.05, 0.1) is 8.81 Å². The molecule has 0 amide bonds. The van der Waals surface area contributed by atoms with Gasteiger partial charge < -0.3 is 5.32 Å². The van der Waals surface area contributed by atoms with Crippen LogP contribution in [0.4, 0.5) is 4.39 Å². The molecule has 0 spiro atoms. The molecule has 0 saturated carbocycles. The summed E-state index contributed by atoms with van der Waals surface area (Å²) >= 11 is 11.1. The van der Waals surface area contributed by atoms with Crippen LogP contribution in [0.5, 0.6) is 0 Å². The molecule has 5 heteroatoms. The molecule has 1 heterocycles. The van der Waals surface area contributed by atoms with Gasteiger partial charge in [-0.05, 0) is 65.5 Å². The predicted molar refractivity (Wildman–Crippen MR) is 92.9 cm³/mol. The van der Waals surface area contributed by atoms with Crippen molar-refractivity contribution < 1.29 is 4.39 Å². The molecule has 2 rings (SSSR count). The molecular weight excluding hydrogens is 373 g/mol. The largest absolute Gasteiger partial charge is 0.313 e. The standard InChI is InChI=1S/C16H18BrClFNS/c1-2-8-20-12(10-13-6-7-15(17)21-13)9-11-4-3-5-14(18)16(11)19/h3-7,12,20H,2,8-10H2,1H3. The van der Waals surface area contributed by atoms with Crippen LogP contribution < -0.4 is 5.32 Å². The molecule has 21 heavy (non-hydrogen) atoms. The van der Waals surface area contributed by atoms with Crippen molar-refractivity contribution in [1.29, 1.82) is 0 Å². The molecule has 1 aromatic carbocycles. The van der Waals surface area contributed by atoms with E-state index in [0.717, 1.165) is 23.2 Å². The molecule has 1 nitrogen and oxygen atoms in total. The molecule has 1 aromatic heterocycles. The van der Waals surface area contributed by atoms with Gasteiger partial charge in [-0.3, -0.25) is 0 Å². The molecule has 0 aliphatic heterocycles. The first-order valence-corrected chi connectivity index (χ1v) is 8.99. The monoisotopic (exact) mass is 389 g/mol. The highest BCUT2D eigenvalue weighted by Gasteiger charge is 2.15. The Bertz CT molecular complexity index is 587. The highest BCUT2D eigenvalue weighted by Crippen LogP contribution is 2.25. The van der Waals surface area contributed by atoms with Gasteiger partial charge in [-0.2, -0.15) is 0 Å². The molecule has 0 fully saturated rings. The molecule has 0 saturated heterocycles. The average Bonchev–Trinajstić information content (AvgIpc) is 2.86. The molecule has 114 valence electrons. The minimum Gasteiger partial charge on any atom is -0.313 e. The molecular formula is C16H18BrClFNS. The first kappa shape index (κ1) is 16.9. The summed E-state index contributed by atoms with van der Waals surface area (Å²) in [5.41, 5.74) is 0.673. The zero-order valence-electron chi connectivity index (χ0n) is 11.8. The van der Waals surface area contributed by atoms with Crippen molar-refractivity contribution >= 4 is 38.9 Å². The number of benzene rings is 1. The zero-order chi connectivity index (χ0) is 15.2. The fraction of sp³-hybridized carbons (Fsp3) is 0.375. The van der Waals surface area contributed by atoms with Crippen LogP contribution in [-0.2, 0) is 12.8 Å². The third-order valence-electron chi connectivity index (χ3n) is 3.26. The maximum absolute atomic E-state index is 14.1. The molecule has 2 aromatic rings. The Hall–Kier alpha value is -0.420. The lowest BCUT2D eigenvalue weighted by molar-refractivity contribution is 0.495. The maximum atomic E-state index is 14.1. The highest BCUT2D eigenvalue weighted by atomic mass is 79.9. The van der Waals surface area contributed by atoms with Gasteiger partial charge in [0.1, 0.15) is 5.82 Å².